The summed E-state index contributed by atoms with van der Waals surface area (Å²) in [5, 5.41) is 18.6. The molecular formula is C19H16N4O2S2. The number of aryl methyl sites for hydroxylation is 2. The van der Waals surface area contributed by atoms with Crippen molar-refractivity contribution in [3.8, 4) is 5.88 Å². The molecular weight excluding hydrogens is 380 g/mol. The van der Waals surface area contributed by atoms with E-state index in [0.29, 0.717) is 0 Å². The largest absolute Gasteiger partial charge is 0.493 e. The number of amides is 1. The third-order valence-corrected chi connectivity index (χ3v) is 6.22. The number of aromatic hydroxyl groups is 1. The third-order valence-electron chi connectivity index (χ3n) is 4.06. The Bertz CT molecular complexity index is 1160. The summed E-state index contributed by atoms with van der Waals surface area (Å²) in [5.74, 6) is -0.323. The van der Waals surface area contributed by atoms with Gasteiger partial charge in [0.25, 0.3) is 5.91 Å². The van der Waals surface area contributed by atoms with Crippen molar-refractivity contribution >= 4 is 55.8 Å². The lowest BCUT2D eigenvalue weighted by molar-refractivity contribution is -0.115. The first kappa shape index (κ1) is 17.7. The van der Waals surface area contributed by atoms with Crippen LogP contribution in [-0.4, -0.2) is 26.7 Å². The second-order valence-electron chi connectivity index (χ2n) is 6.16. The van der Waals surface area contributed by atoms with Crippen LogP contribution < -0.4 is 0 Å². The number of para-hydroxylation sites is 1. The smallest absolute Gasteiger partial charge is 0.274 e. The zero-order valence-electron chi connectivity index (χ0n) is 14.7. The number of hydrogen-bond donors (Lipinski definition) is 2. The Morgan fingerprint density at radius 1 is 1.30 bits per heavy atom. The number of hydrogen-bond acceptors (Lipinski definition) is 6. The quantitative estimate of drug-likeness (QED) is 0.352. The Hall–Kier alpha value is -2.71. The van der Waals surface area contributed by atoms with E-state index in [4.69, 9.17) is 0 Å². The molecule has 4 rings (SSSR count). The molecule has 4 aromatic rings. The van der Waals surface area contributed by atoms with Crippen molar-refractivity contribution in [3.63, 3.8) is 0 Å². The van der Waals surface area contributed by atoms with E-state index in [9.17, 15) is 9.90 Å². The number of aromatic amines is 1. The maximum Gasteiger partial charge on any atom is 0.274 e. The molecule has 1 amide bonds. The second kappa shape index (κ2) is 7.13. The molecule has 0 saturated heterocycles. The number of H-pyrrole nitrogens is 1. The number of thioether (sulfide) groups is 1. The van der Waals surface area contributed by atoms with E-state index in [-0.39, 0.29) is 23.2 Å². The summed E-state index contributed by atoms with van der Waals surface area (Å²) in [4.78, 5) is 19.5. The molecule has 0 atom stereocenters. The zero-order chi connectivity index (χ0) is 19.0. The van der Waals surface area contributed by atoms with Gasteiger partial charge in [0.15, 0.2) is 10.0 Å². The third kappa shape index (κ3) is 3.58. The minimum atomic E-state index is -0.377. The van der Waals surface area contributed by atoms with Crippen LogP contribution in [0.1, 0.15) is 11.1 Å². The fraction of sp³-hybridized carbons (Fsp3) is 0.158. The summed E-state index contributed by atoms with van der Waals surface area (Å²) in [6.45, 7) is 3.92. The van der Waals surface area contributed by atoms with Gasteiger partial charge in [0.05, 0.1) is 21.5 Å². The van der Waals surface area contributed by atoms with Gasteiger partial charge in [-0.3, -0.25) is 4.79 Å². The number of benzene rings is 2. The molecule has 0 unspecified atom stereocenters. The monoisotopic (exact) mass is 396 g/mol. The Balaban J connectivity index is 1.50. The minimum absolute atomic E-state index is 0.0888. The van der Waals surface area contributed by atoms with Gasteiger partial charge in [0.1, 0.15) is 0 Å². The van der Waals surface area contributed by atoms with Gasteiger partial charge in [-0.15, -0.1) is 21.6 Å². The fourth-order valence-electron chi connectivity index (χ4n) is 2.90. The first-order valence-electron chi connectivity index (χ1n) is 8.26. The van der Waals surface area contributed by atoms with Gasteiger partial charge in [0.2, 0.25) is 5.88 Å². The zero-order valence-corrected chi connectivity index (χ0v) is 16.3. The molecule has 0 bridgehead atoms. The van der Waals surface area contributed by atoms with Gasteiger partial charge in [-0.05, 0) is 37.6 Å². The molecule has 27 heavy (non-hydrogen) atoms. The Morgan fingerprint density at radius 3 is 2.93 bits per heavy atom. The molecule has 0 saturated carbocycles. The number of rotatable bonds is 4. The lowest BCUT2D eigenvalue weighted by Gasteiger charge is -1.98. The number of nitrogens with zero attached hydrogens (tertiary/aromatic N) is 3. The van der Waals surface area contributed by atoms with Crippen molar-refractivity contribution in [1.82, 2.24) is 9.97 Å². The van der Waals surface area contributed by atoms with Gasteiger partial charge in [-0.1, -0.05) is 35.5 Å². The van der Waals surface area contributed by atoms with E-state index < -0.39 is 0 Å². The van der Waals surface area contributed by atoms with E-state index in [1.807, 2.05) is 50.2 Å². The SMILES string of the molecule is Cc1cc(C)c2[nH]c(O)c(N=NC(=O)CSc3nc4ccccc4s3)c2c1. The van der Waals surface area contributed by atoms with Crippen molar-refractivity contribution in [3.05, 3.63) is 47.5 Å². The molecule has 6 nitrogen and oxygen atoms in total. The molecule has 8 heteroatoms. The number of aromatic nitrogens is 2. The normalized spacial score (nSPS) is 11.8. The predicted molar refractivity (Wildman–Crippen MR) is 109 cm³/mol. The average molecular weight is 396 g/mol. The van der Waals surface area contributed by atoms with E-state index in [2.05, 4.69) is 20.2 Å². The maximum absolute atomic E-state index is 12.1. The van der Waals surface area contributed by atoms with Gasteiger partial charge in [0, 0.05) is 5.39 Å². The highest BCUT2D eigenvalue weighted by Crippen LogP contribution is 2.37. The molecule has 2 aromatic carbocycles. The summed E-state index contributed by atoms with van der Waals surface area (Å²) in [5.41, 5.74) is 4.06. The van der Waals surface area contributed by atoms with Crippen molar-refractivity contribution in [1.29, 1.82) is 0 Å². The van der Waals surface area contributed by atoms with Crippen LogP contribution in [-0.2, 0) is 4.79 Å². The Labute approximate surface area is 163 Å². The van der Waals surface area contributed by atoms with Gasteiger partial charge >= 0.3 is 0 Å². The predicted octanol–water partition coefficient (Wildman–Crippen LogP) is 5.50. The van der Waals surface area contributed by atoms with Crippen LogP contribution in [0.3, 0.4) is 0 Å². The lowest BCUT2D eigenvalue weighted by atomic mass is 10.1. The number of fused-ring (bicyclic) bond motifs is 2. The van der Waals surface area contributed by atoms with Gasteiger partial charge in [-0.25, -0.2) is 4.98 Å². The van der Waals surface area contributed by atoms with E-state index in [1.165, 1.54) is 11.8 Å². The molecule has 0 spiro atoms. The highest BCUT2D eigenvalue weighted by Gasteiger charge is 2.13. The number of carbonyl (C=O) groups excluding carboxylic acids is 1. The molecule has 0 fully saturated rings. The van der Waals surface area contributed by atoms with Gasteiger partial charge < -0.3 is 10.1 Å². The van der Waals surface area contributed by atoms with E-state index in [1.54, 1.807) is 11.3 Å². The highest BCUT2D eigenvalue weighted by atomic mass is 32.2. The summed E-state index contributed by atoms with van der Waals surface area (Å²) in [6.07, 6.45) is 0. The lowest BCUT2D eigenvalue weighted by Crippen LogP contribution is -1.95. The van der Waals surface area contributed by atoms with Gasteiger partial charge in [-0.2, -0.15) is 0 Å². The maximum atomic E-state index is 12.1. The van der Waals surface area contributed by atoms with E-state index in [0.717, 1.165) is 36.6 Å². The van der Waals surface area contributed by atoms with Crippen LogP contribution in [0.25, 0.3) is 21.1 Å². The molecule has 0 aliphatic carbocycles. The summed E-state index contributed by atoms with van der Waals surface area (Å²) >= 11 is 2.88. The minimum Gasteiger partial charge on any atom is -0.493 e. The Morgan fingerprint density at radius 2 is 2.11 bits per heavy atom. The van der Waals surface area contributed by atoms with Crippen LogP contribution in [0.2, 0.25) is 0 Å². The molecule has 2 heterocycles. The van der Waals surface area contributed by atoms with Crippen LogP contribution in [0.4, 0.5) is 5.69 Å². The molecule has 0 aliphatic rings. The van der Waals surface area contributed by atoms with Crippen LogP contribution in [0.5, 0.6) is 5.88 Å². The van der Waals surface area contributed by atoms with Crippen LogP contribution >= 0.6 is 23.1 Å². The van der Waals surface area contributed by atoms with E-state index >= 15 is 0 Å². The molecule has 2 aromatic heterocycles. The molecule has 136 valence electrons. The fourth-order valence-corrected chi connectivity index (χ4v) is 4.74. The van der Waals surface area contributed by atoms with Crippen LogP contribution in [0, 0.1) is 13.8 Å². The second-order valence-corrected chi connectivity index (χ2v) is 8.41. The molecule has 0 aliphatic heterocycles. The standard InChI is InChI=1S/C19H16N4O2S2/c1-10-7-11(2)16-12(8-10)17(18(25)21-16)23-22-15(24)9-26-19-20-13-5-3-4-6-14(13)27-19/h3-8,21,25H,9H2,1-2H3. The first-order chi connectivity index (χ1) is 13.0. The molecule has 0 radical (unpaired) electrons. The number of nitrogens with one attached hydrogen (secondary N) is 1. The average Bonchev–Trinajstić information content (AvgIpc) is 3.19. The van der Waals surface area contributed by atoms with Crippen molar-refractivity contribution < 1.29 is 9.90 Å². The molecule has 2 N–H and O–H groups in total. The summed E-state index contributed by atoms with van der Waals surface area (Å²) in [6, 6.07) is 11.8. The number of azo groups is 1. The first-order valence-corrected chi connectivity index (χ1v) is 10.1. The highest BCUT2D eigenvalue weighted by molar-refractivity contribution is 8.01. The van der Waals surface area contributed by atoms with Crippen LogP contribution in [0.15, 0.2) is 51.0 Å². The number of thiazole rings is 1. The van der Waals surface area contributed by atoms with Crippen molar-refractivity contribution in [2.24, 2.45) is 10.2 Å². The Kier molecular flexibility index (Phi) is 4.67. The summed E-state index contributed by atoms with van der Waals surface area (Å²) in [7, 11) is 0. The van der Waals surface area contributed by atoms with Crippen molar-refractivity contribution in [2.75, 3.05) is 5.75 Å². The number of carbonyl (C=O) groups is 1. The topological polar surface area (TPSA) is 90.7 Å². The van der Waals surface area contributed by atoms with Crippen molar-refractivity contribution in [2.45, 2.75) is 18.2 Å². The summed E-state index contributed by atoms with van der Waals surface area (Å²) < 4.78 is 1.91.